The van der Waals surface area contributed by atoms with Gasteiger partial charge in [-0.3, -0.25) is 4.79 Å². The highest BCUT2D eigenvalue weighted by atomic mass is 35.5. The fraction of sp³-hybridized carbons (Fsp3) is 0.560. The molecule has 1 aliphatic heterocycles. The summed E-state index contributed by atoms with van der Waals surface area (Å²) in [4.78, 5) is 29.7. The highest BCUT2D eigenvalue weighted by molar-refractivity contribution is 6.30. The van der Waals surface area contributed by atoms with E-state index in [-0.39, 0.29) is 24.0 Å². The van der Waals surface area contributed by atoms with E-state index in [1.54, 1.807) is 15.8 Å². The molecule has 2 heterocycles. The number of hydrogen-bond acceptors (Lipinski definition) is 4. The number of benzene rings is 1. The van der Waals surface area contributed by atoms with Crippen molar-refractivity contribution in [3.63, 3.8) is 0 Å². The topological polar surface area (TPSA) is 67.7 Å². The molecule has 8 heteroatoms. The maximum absolute atomic E-state index is 13.4. The van der Waals surface area contributed by atoms with E-state index in [2.05, 4.69) is 5.10 Å². The van der Waals surface area contributed by atoms with Gasteiger partial charge >= 0.3 is 6.09 Å². The van der Waals surface area contributed by atoms with Crippen LogP contribution in [0.15, 0.2) is 30.5 Å². The second-order valence-electron chi connectivity index (χ2n) is 10.0. The van der Waals surface area contributed by atoms with Crippen LogP contribution >= 0.6 is 11.6 Å². The Balaban J connectivity index is 1.71. The van der Waals surface area contributed by atoms with Crippen LogP contribution in [0, 0.1) is 12.8 Å². The lowest BCUT2D eigenvalue weighted by Gasteiger charge is -2.37. The minimum atomic E-state index is -0.542. The molecule has 180 valence electrons. The van der Waals surface area contributed by atoms with E-state index in [0.717, 1.165) is 24.2 Å². The zero-order valence-electron chi connectivity index (χ0n) is 20.5. The summed E-state index contributed by atoms with van der Waals surface area (Å²) in [5.74, 6) is 0.166. The quantitative estimate of drug-likeness (QED) is 0.587. The molecular weight excluding hydrogens is 440 g/mol. The van der Waals surface area contributed by atoms with Gasteiger partial charge in [0.2, 0.25) is 0 Å². The van der Waals surface area contributed by atoms with Crippen LogP contribution in [0.4, 0.5) is 4.79 Å². The maximum atomic E-state index is 13.4. The van der Waals surface area contributed by atoms with Gasteiger partial charge in [-0.2, -0.15) is 5.10 Å². The smallest absolute Gasteiger partial charge is 0.410 e. The van der Waals surface area contributed by atoms with Crippen molar-refractivity contribution >= 4 is 23.6 Å². The summed E-state index contributed by atoms with van der Waals surface area (Å²) >= 11 is 6.12. The summed E-state index contributed by atoms with van der Waals surface area (Å²) in [7, 11) is 0. The lowest BCUT2D eigenvalue weighted by Crippen LogP contribution is -2.48. The molecule has 1 aliphatic rings. The van der Waals surface area contributed by atoms with Gasteiger partial charge in [0.25, 0.3) is 5.91 Å². The van der Waals surface area contributed by atoms with E-state index >= 15 is 0 Å². The first-order chi connectivity index (χ1) is 15.5. The first-order valence-corrected chi connectivity index (χ1v) is 11.9. The van der Waals surface area contributed by atoms with Gasteiger partial charge < -0.3 is 14.5 Å². The standard InChI is InChI=1S/C25H35ClN4O3/c1-17(2)29(24(32)33-25(4,5)6)16-19-9-8-12-28(15-19)23(31)22-14-27-30(18(22)3)21-11-7-10-20(26)13-21/h7,10-11,13-14,17,19H,8-9,12,15-16H2,1-6H3. The third-order valence-electron chi connectivity index (χ3n) is 5.81. The molecule has 3 rings (SSSR count). The number of ether oxygens (including phenoxy) is 1. The van der Waals surface area contributed by atoms with Gasteiger partial charge in [-0.1, -0.05) is 17.7 Å². The Hall–Kier alpha value is -2.54. The molecule has 2 amide bonds. The molecule has 0 spiro atoms. The van der Waals surface area contributed by atoms with Crippen LogP contribution in [0.3, 0.4) is 0 Å². The second kappa shape index (κ2) is 10.2. The summed E-state index contributed by atoms with van der Waals surface area (Å²) < 4.78 is 7.34. The largest absolute Gasteiger partial charge is 0.444 e. The number of piperidine rings is 1. The van der Waals surface area contributed by atoms with Crippen molar-refractivity contribution in [3.8, 4) is 5.69 Å². The SMILES string of the molecule is Cc1c(C(=O)N2CCCC(CN(C(=O)OC(C)(C)C)C(C)C)C2)cnn1-c1cccc(Cl)c1. The number of halogens is 1. The predicted molar refractivity (Wildman–Crippen MR) is 130 cm³/mol. The van der Waals surface area contributed by atoms with Gasteiger partial charge in [-0.25, -0.2) is 9.48 Å². The van der Waals surface area contributed by atoms with E-state index in [1.165, 1.54) is 0 Å². The van der Waals surface area contributed by atoms with Crippen LogP contribution in [0.5, 0.6) is 0 Å². The van der Waals surface area contributed by atoms with Gasteiger partial charge in [0.05, 0.1) is 23.1 Å². The maximum Gasteiger partial charge on any atom is 0.410 e. The first kappa shape index (κ1) is 25.1. The Morgan fingerprint density at radius 3 is 2.67 bits per heavy atom. The van der Waals surface area contributed by atoms with Crippen molar-refractivity contribution in [2.24, 2.45) is 5.92 Å². The van der Waals surface area contributed by atoms with Crippen molar-refractivity contribution in [2.45, 2.75) is 66.0 Å². The average Bonchev–Trinajstić information content (AvgIpc) is 3.11. The van der Waals surface area contributed by atoms with Crippen LogP contribution in [0.2, 0.25) is 5.02 Å². The Morgan fingerprint density at radius 1 is 1.30 bits per heavy atom. The monoisotopic (exact) mass is 474 g/mol. The highest BCUT2D eigenvalue weighted by Crippen LogP contribution is 2.24. The molecule has 0 radical (unpaired) electrons. The van der Waals surface area contributed by atoms with Crippen molar-refractivity contribution < 1.29 is 14.3 Å². The Kier molecular flexibility index (Phi) is 7.73. The minimum absolute atomic E-state index is 0.0177. The number of aromatic nitrogens is 2. The summed E-state index contributed by atoms with van der Waals surface area (Å²) in [6.07, 6.45) is 3.19. The fourth-order valence-corrected chi connectivity index (χ4v) is 4.34. The van der Waals surface area contributed by atoms with Crippen LogP contribution in [0.1, 0.15) is 63.5 Å². The van der Waals surface area contributed by atoms with Gasteiger partial charge in [0.1, 0.15) is 5.60 Å². The molecule has 7 nitrogen and oxygen atoms in total. The third-order valence-corrected chi connectivity index (χ3v) is 6.04. The number of amides is 2. The van der Waals surface area contributed by atoms with Gasteiger partial charge in [-0.05, 0) is 78.5 Å². The summed E-state index contributed by atoms with van der Waals surface area (Å²) in [6.45, 7) is 13.4. The number of nitrogens with zero attached hydrogens (tertiary/aromatic N) is 4. The molecule has 1 aromatic carbocycles. The normalized spacial score (nSPS) is 16.7. The molecule has 1 aromatic heterocycles. The number of carbonyl (C=O) groups is 2. The van der Waals surface area contributed by atoms with E-state index in [1.807, 2.05) is 70.7 Å². The van der Waals surface area contributed by atoms with Crippen LogP contribution in [0.25, 0.3) is 5.69 Å². The van der Waals surface area contributed by atoms with Gasteiger partial charge in [-0.15, -0.1) is 0 Å². The van der Waals surface area contributed by atoms with Crippen molar-refractivity contribution in [3.05, 3.63) is 46.7 Å². The van der Waals surface area contributed by atoms with E-state index in [4.69, 9.17) is 16.3 Å². The second-order valence-corrected chi connectivity index (χ2v) is 10.5. The Labute approximate surface area is 201 Å². The molecule has 1 fully saturated rings. The Morgan fingerprint density at radius 2 is 2.03 bits per heavy atom. The first-order valence-electron chi connectivity index (χ1n) is 11.6. The minimum Gasteiger partial charge on any atom is -0.444 e. The van der Waals surface area contributed by atoms with E-state index < -0.39 is 5.60 Å². The lowest BCUT2D eigenvalue weighted by atomic mass is 9.96. The van der Waals surface area contributed by atoms with Crippen molar-refractivity contribution in [2.75, 3.05) is 19.6 Å². The zero-order chi connectivity index (χ0) is 24.3. The molecule has 1 atom stereocenters. The number of hydrogen-bond donors (Lipinski definition) is 0. The molecule has 0 saturated carbocycles. The molecule has 1 unspecified atom stereocenters. The Bertz CT molecular complexity index is 996. The molecule has 2 aromatic rings. The van der Waals surface area contributed by atoms with Crippen LogP contribution in [-0.4, -0.2) is 62.9 Å². The summed E-state index contributed by atoms with van der Waals surface area (Å²) in [5.41, 5.74) is 1.64. The van der Waals surface area contributed by atoms with Crippen molar-refractivity contribution in [1.82, 2.24) is 19.6 Å². The van der Waals surface area contributed by atoms with Gasteiger partial charge in [0, 0.05) is 30.7 Å². The van der Waals surface area contributed by atoms with Crippen LogP contribution < -0.4 is 0 Å². The van der Waals surface area contributed by atoms with Crippen LogP contribution in [-0.2, 0) is 4.74 Å². The number of carbonyl (C=O) groups excluding carboxylic acids is 2. The average molecular weight is 475 g/mol. The lowest BCUT2D eigenvalue weighted by molar-refractivity contribution is 0.0124. The molecule has 0 bridgehead atoms. The molecule has 1 saturated heterocycles. The summed E-state index contributed by atoms with van der Waals surface area (Å²) in [5, 5.41) is 5.05. The number of likely N-dealkylation sites (tertiary alicyclic amines) is 1. The number of rotatable bonds is 5. The fourth-order valence-electron chi connectivity index (χ4n) is 4.15. The predicted octanol–water partition coefficient (Wildman–Crippen LogP) is 5.33. The molecule has 0 aliphatic carbocycles. The molecular formula is C25H35ClN4O3. The van der Waals surface area contributed by atoms with E-state index in [0.29, 0.717) is 30.2 Å². The highest BCUT2D eigenvalue weighted by Gasteiger charge is 2.31. The third kappa shape index (κ3) is 6.28. The van der Waals surface area contributed by atoms with E-state index in [9.17, 15) is 9.59 Å². The summed E-state index contributed by atoms with van der Waals surface area (Å²) in [6, 6.07) is 7.42. The van der Waals surface area contributed by atoms with Crippen molar-refractivity contribution in [1.29, 1.82) is 0 Å². The zero-order valence-corrected chi connectivity index (χ0v) is 21.2. The molecule has 0 N–H and O–H groups in total. The van der Waals surface area contributed by atoms with Gasteiger partial charge in [0.15, 0.2) is 0 Å². The molecule has 33 heavy (non-hydrogen) atoms.